The van der Waals surface area contributed by atoms with E-state index < -0.39 is 9.84 Å². The van der Waals surface area contributed by atoms with Crippen molar-refractivity contribution in [2.24, 2.45) is 5.73 Å². The molecule has 0 aromatic carbocycles. The monoisotopic (exact) mass is 273 g/mol. The van der Waals surface area contributed by atoms with Gasteiger partial charge in [-0.05, 0) is 42.7 Å². The van der Waals surface area contributed by atoms with E-state index in [4.69, 9.17) is 5.73 Å². The minimum atomic E-state index is -2.90. The minimum absolute atomic E-state index is 0.0293. The number of fused-ring (bicyclic) bond motifs is 1. The van der Waals surface area contributed by atoms with Gasteiger partial charge in [0.25, 0.3) is 0 Å². The molecule has 2 rings (SSSR count). The van der Waals surface area contributed by atoms with Gasteiger partial charge in [-0.3, -0.25) is 0 Å². The summed E-state index contributed by atoms with van der Waals surface area (Å²) in [5.41, 5.74) is 7.53. The van der Waals surface area contributed by atoms with Crippen LogP contribution in [0.25, 0.3) is 0 Å². The SMILES string of the molecule is CS(=O)(=O)CCC(N)C1CCCc2sccc21. The summed E-state index contributed by atoms with van der Waals surface area (Å²) in [5, 5.41) is 2.12. The van der Waals surface area contributed by atoms with Crippen molar-refractivity contribution in [1.82, 2.24) is 0 Å². The Bertz CT molecular complexity index is 478. The van der Waals surface area contributed by atoms with Gasteiger partial charge >= 0.3 is 0 Å². The van der Waals surface area contributed by atoms with Crippen molar-refractivity contribution in [1.29, 1.82) is 0 Å². The van der Waals surface area contributed by atoms with Gasteiger partial charge in [0, 0.05) is 23.1 Å². The Morgan fingerprint density at radius 1 is 1.59 bits per heavy atom. The molecule has 5 heteroatoms. The van der Waals surface area contributed by atoms with Crippen molar-refractivity contribution >= 4 is 21.2 Å². The third-order valence-electron chi connectivity index (χ3n) is 3.44. The first-order valence-corrected chi connectivity index (χ1v) is 8.91. The molecule has 2 unspecified atom stereocenters. The molecule has 1 aliphatic carbocycles. The maximum atomic E-state index is 11.2. The van der Waals surface area contributed by atoms with Crippen molar-refractivity contribution in [3.05, 3.63) is 21.9 Å². The van der Waals surface area contributed by atoms with Crippen molar-refractivity contribution in [3.63, 3.8) is 0 Å². The molecule has 2 N–H and O–H groups in total. The fourth-order valence-corrected chi connectivity index (χ4v) is 4.22. The Kier molecular flexibility index (Phi) is 3.90. The van der Waals surface area contributed by atoms with Crippen molar-refractivity contribution in [2.75, 3.05) is 12.0 Å². The molecule has 0 spiro atoms. The molecule has 96 valence electrons. The van der Waals surface area contributed by atoms with Crippen LogP contribution >= 0.6 is 11.3 Å². The second-order valence-electron chi connectivity index (χ2n) is 4.88. The van der Waals surface area contributed by atoms with Crippen LogP contribution in [0.1, 0.15) is 35.6 Å². The quantitative estimate of drug-likeness (QED) is 0.912. The Morgan fingerprint density at radius 3 is 3.06 bits per heavy atom. The molecule has 0 saturated carbocycles. The summed E-state index contributed by atoms with van der Waals surface area (Å²) in [7, 11) is -2.90. The molecular weight excluding hydrogens is 254 g/mol. The predicted octanol–water partition coefficient (Wildman–Crippen LogP) is 1.93. The lowest BCUT2D eigenvalue weighted by Crippen LogP contribution is -2.32. The maximum Gasteiger partial charge on any atom is 0.147 e. The van der Waals surface area contributed by atoms with Gasteiger partial charge < -0.3 is 5.73 Å². The standard InChI is InChI=1S/C12H19NO2S2/c1-17(14,15)8-6-11(13)9-3-2-4-12-10(9)5-7-16-12/h5,7,9,11H,2-4,6,8,13H2,1H3. The van der Waals surface area contributed by atoms with Crippen LogP contribution in [0.15, 0.2) is 11.4 Å². The first-order chi connectivity index (χ1) is 7.97. The lowest BCUT2D eigenvalue weighted by molar-refractivity contribution is 0.456. The Labute approximate surface area is 107 Å². The molecule has 0 amide bonds. The van der Waals surface area contributed by atoms with Crippen molar-refractivity contribution in [2.45, 2.75) is 37.6 Å². The number of hydrogen-bond donors (Lipinski definition) is 1. The van der Waals surface area contributed by atoms with Gasteiger partial charge in [0.1, 0.15) is 9.84 Å². The van der Waals surface area contributed by atoms with Crippen LogP contribution in [0.2, 0.25) is 0 Å². The molecule has 0 saturated heterocycles. The molecule has 1 aromatic heterocycles. The molecule has 0 radical (unpaired) electrons. The second kappa shape index (κ2) is 5.08. The zero-order chi connectivity index (χ0) is 12.5. The number of sulfone groups is 1. The van der Waals surface area contributed by atoms with E-state index in [1.807, 2.05) is 0 Å². The van der Waals surface area contributed by atoms with E-state index in [0.29, 0.717) is 12.3 Å². The summed E-state index contributed by atoms with van der Waals surface area (Å²) >= 11 is 1.80. The average molecular weight is 273 g/mol. The molecule has 2 atom stereocenters. The third kappa shape index (κ3) is 3.30. The lowest BCUT2D eigenvalue weighted by atomic mass is 9.82. The molecule has 0 aliphatic heterocycles. The molecule has 0 fully saturated rings. The zero-order valence-corrected chi connectivity index (χ0v) is 11.7. The highest BCUT2D eigenvalue weighted by Gasteiger charge is 2.26. The first kappa shape index (κ1) is 13.1. The van der Waals surface area contributed by atoms with E-state index in [9.17, 15) is 8.42 Å². The summed E-state index contributed by atoms with van der Waals surface area (Å²) in [5.74, 6) is 0.552. The largest absolute Gasteiger partial charge is 0.327 e. The van der Waals surface area contributed by atoms with Crippen LogP contribution in [0.5, 0.6) is 0 Å². The Hall–Kier alpha value is -0.390. The number of nitrogens with two attached hydrogens (primary N) is 1. The molecule has 1 heterocycles. The number of thiophene rings is 1. The molecule has 3 nitrogen and oxygen atoms in total. The highest BCUT2D eigenvalue weighted by molar-refractivity contribution is 7.90. The summed E-state index contributed by atoms with van der Waals surface area (Å²) in [4.78, 5) is 1.44. The van der Waals surface area contributed by atoms with Gasteiger partial charge in [0.15, 0.2) is 0 Å². The first-order valence-electron chi connectivity index (χ1n) is 5.97. The molecule has 1 aliphatic rings. The van der Waals surface area contributed by atoms with Crippen molar-refractivity contribution < 1.29 is 8.42 Å². The van der Waals surface area contributed by atoms with E-state index in [1.165, 1.54) is 23.1 Å². The number of aryl methyl sites for hydroxylation is 1. The van der Waals surface area contributed by atoms with E-state index in [0.717, 1.165) is 12.8 Å². The molecule has 1 aromatic rings. The maximum absolute atomic E-state index is 11.2. The van der Waals surface area contributed by atoms with Gasteiger partial charge in [-0.1, -0.05) is 0 Å². The van der Waals surface area contributed by atoms with Gasteiger partial charge in [-0.15, -0.1) is 11.3 Å². The Balaban J connectivity index is 2.04. The van der Waals surface area contributed by atoms with E-state index in [2.05, 4.69) is 11.4 Å². The summed E-state index contributed by atoms with van der Waals surface area (Å²) in [6, 6.07) is 2.13. The molecule has 17 heavy (non-hydrogen) atoms. The van der Waals surface area contributed by atoms with Gasteiger partial charge in [-0.25, -0.2) is 8.42 Å². The second-order valence-corrected chi connectivity index (χ2v) is 8.14. The van der Waals surface area contributed by atoms with Crippen molar-refractivity contribution in [3.8, 4) is 0 Å². The zero-order valence-electron chi connectivity index (χ0n) is 10.1. The van der Waals surface area contributed by atoms with Crippen LogP contribution < -0.4 is 5.73 Å². The summed E-state index contributed by atoms with van der Waals surface area (Å²) in [6.45, 7) is 0. The normalized spacial score (nSPS) is 22.1. The van der Waals surface area contributed by atoms with E-state index in [-0.39, 0.29) is 11.8 Å². The molecule has 0 bridgehead atoms. The van der Waals surface area contributed by atoms with Crippen LogP contribution in [-0.4, -0.2) is 26.5 Å². The fraction of sp³-hybridized carbons (Fsp3) is 0.667. The predicted molar refractivity (Wildman–Crippen MR) is 72.3 cm³/mol. The van der Waals surface area contributed by atoms with Gasteiger partial charge in [-0.2, -0.15) is 0 Å². The third-order valence-corrected chi connectivity index (χ3v) is 5.41. The van der Waals surface area contributed by atoms with Gasteiger partial charge in [0.05, 0.1) is 5.75 Å². The minimum Gasteiger partial charge on any atom is -0.327 e. The topological polar surface area (TPSA) is 60.2 Å². The lowest BCUT2D eigenvalue weighted by Gasteiger charge is -2.28. The highest BCUT2D eigenvalue weighted by atomic mass is 32.2. The van der Waals surface area contributed by atoms with Crippen LogP contribution in [-0.2, 0) is 16.3 Å². The van der Waals surface area contributed by atoms with Crippen LogP contribution in [0.4, 0.5) is 0 Å². The average Bonchev–Trinajstić information content (AvgIpc) is 2.72. The van der Waals surface area contributed by atoms with E-state index >= 15 is 0 Å². The van der Waals surface area contributed by atoms with Gasteiger partial charge in [0.2, 0.25) is 0 Å². The van der Waals surface area contributed by atoms with Crippen LogP contribution in [0, 0.1) is 0 Å². The fourth-order valence-electron chi connectivity index (χ4n) is 2.52. The van der Waals surface area contributed by atoms with Crippen LogP contribution in [0.3, 0.4) is 0 Å². The molecular formula is C12H19NO2S2. The number of rotatable bonds is 4. The highest BCUT2D eigenvalue weighted by Crippen LogP contribution is 2.37. The van der Waals surface area contributed by atoms with E-state index in [1.54, 1.807) is 11.3 Å². The number of hydrogen-bond acceptors (Lipinski definition) is 4. The Morgan fingerprint density at radius 2 is 2.35 bits per heavy atom. The summed E-state index contributed by atoms with van der Waals surface area (Å²) in [6.07, 6.45) is 5.26. The summed E-state index contributed by atoms with van der Waals surface area (Å²) < 4.78 is 22.3. The smallest absolute Gasteiger partial charge is 0.147 e.